The Morgan fingerprint density at radius 2 is 1.70 bits per heavy atom. The van der Waals surface area contributed by atoms with Gasteiger partial charge in [-0.15, -0.1) is 0 Å². The standard InChI is InChI=1S/C17H15BrO2/c18-16-10-7-13(8-11-16)6-9-15(12-17(19)20)14-4-2-1-3-5-14/h1-5,7-8,10-12H,6,9H2,(H,19,20)/b15-12-. The van der Waals surface area contributed by atoms with Crippen LogP contribution in [0.2, 0.25) is 0 Å². The van der Waals surface area contributed by atoms with Gasteiger partial charge in [0.1, 0.15) is 0 Å². The molecule has 3 heteroatoms. The van der Waals surface area contributed by atoms with Crippen molar-refractivity contribution in [3.63, 3.8) is 0 Å². The summed E-state index contributed by atoms with van der Waals surface area (Å²) in [5.41, 5.74) is 3.01. The highest BCUT2D eigenvalue weighted by Crippen LogP contribution is 2.21. The zero-order valence-electron chi connectivity index (χ0n) is 10.9. The molecular weight excluding hydrogens is 316 g/mol. The predicted molar refractivity (Wildman–Crippen MR) is 84.5 cm³/mol. The molecule has 0 fully saturated rings. The normalized spacial score (nSPS) is 11.3. The maximum absolute atomic E-state index is 11.0. The summed E-state index contributed by atoms with van der Waals surface area (Å²) in [6, 6.07) is 17.7. The molecule has 2 rings (SSSR count). The zero-order valence-corrected chi connectivity index (χ0v) is 12.5. The van der Waals surface area contributed by atoms with Crippen LogP contribution in [0.1, 0.15) is 17.5 Å². The van der Waals surface area contributed by atoms with E-state index in [0.717, 1.165) is 22.0 Å². The fourth-order valence-corrected chi connectivity index (χ4v) is 2.30. The molecule has 0 bridgehead atoms. The molecule has 0 atom stereocenters. The van der Waals surface area contributed by atoms with Crippen molar-refractivity contribution in [1.29, 1.82) is 0 Å². The van der Waals surface area contributed by atoms with Crippen LogP contribution >= 0.6 is 15.9 Å². The van der Waals surface area contributed by atoms with Gasteiger partial charge in [-0.2, -0.15) is 0 Å². The number of rotatable bonds is 5. The molecule has 0 saturated carbocycles. The molecule has 0 aromatic heterocycles. The second-order valence-corrected chi connectivity index (χ2v) is 5.42. The summed E-state index contributed by atoms with van der Waals surface area (Å²) in [7, 11) is 0. The topological polar surface area (TPSA) is 37.3 Å². The van der Waals surface area contributed by atoms with Crippen molar-refractivity contribution < 1.29 is 9.90 Å². The molecule has 20 heavy (non-hydrogen) atoms. The molecule has 2 aromatic carbocycles. The minimum Gasteiger partial charge on any atom is -0.478 e. The Labute approximate surface area is 126 Å². The van der Waals surface area contributed by atoms with Crippen molar-refractivity contribution >= 4 is 27.5 Å². The number of carboxylic acid groups (broad SMARTS) is 1. The fourth-order valence-electron chi connectivity index (χ4n) is 2.03. The molecule has 0 heterocycles. The quantitative estimate of drug-likeness (QED) is 0.816. The van der Waals surface area contributed by atoms with Gasteiger partial charge in [0.2, 0.25) is 0 Å². The fraction of sp³-hybridized carbons (Fsp3) is 0.118. The first-order valence-electron chi connectivity index (χ1n) is 6.38. The predicted octanol–water partition coefficient (Wildman–Crippen LogP) is 4.55. The third-order valence-corrected chi connectivity index (χ3v) is 3.57. The van der Waals surface area contributed by atoms with Gasteiger partial charge in [-0.3, -0.25) is 0 Å². The van der Waals surface area contributed by atoms with Crippen LogP contribution in [0.3, 0.4) is 0 Å². The zero-order chi connectivity index (χ0) is 14.4. The van der Waals surface area contributed by atoms with Crippen molar-refractivity contribution in [2.75, 3.05) is 0 Å². The number of carboxylic acids is 1. The van der Waals surface area contributed by atoms with Gasteiger partial charge in [-0.05, 0) is 41.7 Å². The van der Waals surface area contributed by atoms with Crippen LogP contribution in [-0.4, -0.2) is 11.1 Å². The first-order valence-corrected chi connectivity index (χ1v) is 7.18. The Morgan fingerprint density at radius 3 is 2.30 bits per heavy atom. The van der Waals surface area contributed by atoms with Gasteiger partial charge >= 0.3 is 5.97 Å². The van der Waals surface area contributed by atoms with E-state index in [-0.39, 0.29) is 0 Å². The molecule has 1 N–H and O–H groups in total. The number of aliphatic carboxylic acids is 1. The van der Waals surface area contributed by atoms with Gasteiger partial charge in [0.05, 0.1) is 0 Å². The highest BCUT2D eigenvalue weighted by Gasteiger charge is 2.05. The van der Waals surface area contributed by atoms with E-state index >= 15 is 0 Å². The highest BCUT2D eigenvalue weighted by atomic mass is 79.9. The average molecular weight is 331 g/mol. The molecule has 0 aliphatic rings. The molecule has 2 aromatic rings. The molecule has 0 unspecified atom stereocenters. The SMILES string of the molecule is O=C(O)/C=C(/CCc1ccc(Br)cc1)c1ccccc1. The van der Waals surface area contributed by atoms with Gasteiger partial charge in [0.25, 0.3) is 0 Å². The van der Waals surface area contributed by atoms with Crippen molar-refractivity contribution in [1.82, 2.24) is 0 Å². The number of hydrogen-bond acceptors (Lipinski definition) is 1. The average Bonchev–Trinajstić information content (AvgIpc) is 2.46. The van der Waals surface area contributed by atoms with E-state index in [0.29, 0.717) is 6.42 Å². The molecule has 0 radical (unpaired) electrons. The first-order chi connectivity index (χ1) is 9.65. The van der Waals surface area contributed by atoms with Gasteiger partial charge in [0.15, 0.2) is 0 Å². The van der Waals surface area contributed by atoms with Gasteiger partial charge in [0, 0.05) is 10.5 Å². The Balaban J connectivity index is 2.13. The van der Waals surface area contributed by atoms with Crippen molar-refractivity contribution in [3.05, 3.63) is 76.3 Å². The Bertz CT molecular complexity index is 601. The number of carbonyl (C=O) groups is 1. The lowest BCUT2D eigenvalue weighted by molar-refractivity contribution is -0.131. The van der Waals surface area contributed by atoms with E-state index < -0.39 is 5.97 Å². The Morgan fingerprint density at radius 1 is 1.05 bits per heavy atom. The second-order valence-electron chi connectivity index (χ2n) is 4.50. The number of benzene rings is 2. The lowest BCUT2D eigenvalue weighted by atomic mass is 9.98. The summed E-state index contributed by atoms with van der Waals surface area (Å²) in [5, 5.41) is 9.00. The molecule has 0 amide bonds. The molecule has 0 aliphatic carbocycles. The lowest BCUT2D eigenvalue weighted by Gasteiger charge is -2.07. The number of halogens is 1. The number of hydrogen-bond donors (Lipinski definition) is 1. The maximum atomic E-state index is 11.0. The smallest absolute Gasteiger partial charge is 0.328 e. The van der Waals surface area contributed by atoms with E-state index in [9.17, 15) is 4.79 Å². The van der Waals surface area contributed by atoms with Crippen LogP contribution in [0.15, 0.2) is 65.1 Å². The summed E-state index contributed by atoms with van der Waals surface area (Å²) in [6.45, 7) is 0. The van der Waals surface area contributed by atoms with Gasteiger partial charge in [-0.1, -0.05) is 58.4 Å². The van der Waals surface area contributed by atoms with Crippen LogP contribution in [0.5, 0.6) is 0 Å². The van der Waals surface area contributed by atoms with Crippen molar-refractivity contribution in [3.8, 4) is 0 Å². The molecule has 0 saturated heterocycles. The van der Waals surface area contributed by atoms with Crippen LogP contribution in [0.4, 0.5) is 0 Å². The summed E-state index contributed by atoms with van der Waals surface area (Å²) >= 11 is 3.41. The van der Waals surface area contributed by atoms with E-state index in [1.165, 1.54) is 11.6 Å². The number of allylic oxidation sites excluding steroid dienone is 1. The van der Waals surface area contributed by atoms with Crippen LogP contribution in [0, 0.1) is 0 Å². The molecule has 0 spiro atoms. The summed E-state index contributed by atoms with van der Waals surface area (Å²) in [5.74, 6) is -0.903. The first kappa shape index (κ1) is 14.5. The van der Waals surface area contributed by atoms with E-state index in [1.54, 1.807) is 0 Å². The van der Waals surface area contributed by atoms with Gasteiger partial charge < -0.3 is 5.11 Å². The molecular formula is C17H15BrO2. The lowest BCUT2D eigenvalue weighted by Crippen LogP contribution is -1.95. The largest absolute Gasteiger partial charge is 0.478 e. The second kappa shape index (κ2) is 7.06. The summed E-state index contributed by atoms with van der Waals surface area (Å²) in [6.07, 6.45) is 2.83. The molecule has 2 nitrogen and oxygen atoms in total. The van der Waals surface area contributed by atoms with Gasteiger partial charge in [-0.25, -0.2) is 4.79 Å². The van der Waals surface area contributed by atoms with Crippen molar-refractivity contribution in [2.24, 2.45) is 0 Å². The maximum Gasteiger partial charge on any atom is 0.328 e. The van der Waals surface area contributed by atoms with Crippen LogP contribution < -0.4 is 0 Å². The van der Waals surface area contributed by atoms with E-state index in [4.69, 9.17) is 5.11 Å². The third kappa shape index (κ3) is 4.35. The Hall–Kier alpha value is -1.87. The number of aryl methyl sites for hydroxylation is 1. The summed E-state index contributed by atoms with van der Waals surface area (Å²) < 4.78 is 1.05. The third-order valence-electron chi connectivity index (χ3n) is 3.04. The van der Waals surface area contributed by atoms with Crippen LogP contribution in [0.25, 0.3) is 5.57 Å². The molecule has 0 aliphatic heterocycles. The Kier molecular flexibility index (Phi) is 5.13. The van der Waals surface area contributed by atoms with Crippen LogP contribution in [-0.2, 0) is 11.2 Å². The van der Waals surface area contributed by atoms with E-state index in [1.807, 2.05) is 54.6 Å². The minimum absolute atomic E-state index is 0.706. The van der Waals surface area contributed by atoms with E-state index in [2.05, 4.69) is 15.9 Å². The minimum atomic E-state index is -0.903. The highest BCUT2D eigenvalue weighted by molar-refractivity contribution is 9.10. The van der Waals surface area contributed by atoms with Crippen molar-refractivity contribution in [2.45, 2.75) is 12.8 Å². The molecule has 102 valence electrons. The monoisotopic (exact) mass is 330 g/mol. The summed E-state index contributed by atoms with van der Waals surface area (Å²) in [4.78, 5) is 11.0.